The van der Waals surface area contributed by atoms with Crippen LogP contribution < -0.4 is 5.32 Å². The summed E-state index contributed by atoms with van der Waals surface area (Å²) in [4.78, 5) is 24.4. The van der Waals surface area contributed by atoms with Gasteiger partial charge < -0.3 is 25.2 Å². The molecule has 1 rings (SSSR count). The number of β-amino-alcohol motifs (C(OH)–C–C–N with tert-alkyl or cyclic N) is 1. The zero-order chi connectivity index (χ0) is 14.3. The summed E-state index contributed by atoms with van der Waals surface area (Å²) in [5.41, 5.74) is 0. The number of aliphatic hydroxyl groups excluding tert-OH is 1. The van der Waals surface area contributed by atoms with Crippen LogP contribution in [0.4, 0.5) is 4.79 Å². The molecular formula is C12H22N2O5. The summed E-state index contributed by atoms with van der Waals surface area (Å²) in [7, 11) is 1.55. The first kappa shape index (κ1) is 15.7. The number of carboxylic acid groups (broad SMARTS) is 1. The maximum Gasteiger partial charge on any atom is 0.326 e. The number of carbonyl (C=O) groups excluding carboxylic acids is 1. The Balaban J connectivity index is 2.43. The summed E-state index contributed by atoms with van der Waals surface area (Å²) < 4.78 is 4.86. The molecule has 2 unspecified atom stereocenters. The number of amides is 2. The minimum atomic E-state index is -1.05. The second-order valence-electron chi connectivity index (χ2n) is 4.72. The molecule has 2 amide bonds. The van der Waals surface area contributed by atoms with E-state index in [1.54, 1.807) is 7.11 Å². The average Bonchev–Trinajstić information content (AvgIpc) is 2.37. The number of urea groups is 1. The van der Waals surface area contributed by atoms with E-state index in [1.165, 1.54) is 4.90 Å². The number of piperidine rings is 1. The highest BCUT2D eigenvalue weighted by Gasteiger charge is 2.26. The number of rotatable bonds is 6. The van der Waals surface area contributed by atoms with Gasteiger partial charge in [0.1, 0.15) is 6.04 Å². The Kier molecular flexibility index (Phi) is 6.58. The number of nitrogens with zero attached hydrogens (tertiary/aromatic N) is 1. The van der Waals surface area contributed by atoms with Crippen LogP contribution in [0.3, 0.4) is 0 Å². The number of likely N-dealkylation sites (tertiary alicyclic amines) is 1. The highest BCUT2D eigenvalue weighted by molar-refractivity contribution is 5.82. The monoisotopic (exact) mass is 274 g/mol. The van der Waals surface area contributed by atoms with Gasteiger partial charge in [-0.15, -0.1) is 0 Å². The van der Waals surface area contributed by atoms with Gasteiger partial charge in [0.15, 0.2) is 0 Å². The van der Waals surface area contributed by atoms with Crippen molar-refractivity contribution in [3.8, 4) is 0 Å². The Morgan fingerprint density at radius 1 is 1.53 bits per heavy atom. The maximum absolute atomic E-state index is 11.9. The van der Waals surface area contributed by atoms with Crippen LogP contribution in [0.25, 0.3) is 0 Å². The number of hydrogen-bond donors (Lipinski definition) is 3. The number of aliphatic carboxylic acids is 1. The van der Waals surface area contributed by atoms with Crippen molar-refractivity contribution >= 4 is 12.0 Å². The summed E-state index contributed by atoms with van der Waals surface area (Å²) in [6.07, 6.45) is 1.79. The summed E-state index contributed by atoms with van der Waals surface area (Å²) in [5.74, 6) is -1.05. The molecule has 0 aromatic heterocycles. The van der Waals surface area contributed by atoms with E-state index in [-0.39, 0.29) is 6.54 Å². The standard InChI is InChI=1S/C12H22N2O5/c1-19-7-3-5-10(11(16)17)13-12(18)14-6-2-4-9(15)8-14/h9-10,15H,2-8H2,1H3,(H,13,18)(H,16,17). The van der Waals surface area contributed by atoms with Gasteiger partial charge in [-0.1, -0.05) is 0 Å². The van der Waals surface area contributed by atoms with Gasteiger partial charge in [0, 0.05) is 26.8 Å². The van der Waals surface area contributed by atoms with Crippen LogP contribution in [-0.2, 0) is 9.53 Å². The van der Waals surface area contributed by atoms with E-state index in [0.29, 0.717) is 32.4 Å². The molecule has 0 aromatic rings. The van der Waals surface area contributed by atoms with E-state index in [4.69, 9.17) is 9.84 Å². The maximum atomic E-state index is 11.9. The zero-order valence-corrected chi connectivity index (χ0v) is 11.2. The predicted molar refractivity (Wildman–Crippen MR) is 67.9 cm³/mol. The third kappa shape index (κ3) is 5.44. The van der Waals surface area contributed by atoms with Crippen LogP contribution in [0.5, 0.6) is 0 Å². The highest BCUT2D eigenvalue weighted by Crippen LogP contribution is 2.10. The lowest BCUT2D eigenvalue weighted by Crippen LogP contribution is -2.51. The lowest BCUT2D eigenvalue weighted by atomic mass is 10.1. The van der Waals surface area contributed by atoms with Gasteiger partial charge >= 0.3 is 12.0 Å². The smallest absolute Gasteiger partial charge is 0.326 e. The third-order valence-corrected chi connectivity index (χ3v) is 3.12. The number of aliphatic hydroxyl groups is 1. The molecule has 1 fully saturated rings. The van der Waals surface area contributed by atoms with Gasteiger partial charge in [0.25, 0.3) is 0 Å². The SMILES string of the molecule is COCCCC(NC(=O)N1CCCC(O)C1)C(=O)O. The predicted octanol–water partition coefficient (Wildman–Crippen LogP) is 0.0325. The van der Waals surface area contributed by atoms with Gasteiger partial charge in [-0.3, -0.25) is 0 Å². The molecule has 0 spiro atoms. The Labute approximate surface area is 112 Å². The van der Waals surface area contributed by atoms with E-state index in [0.717, 1.165) is 6.42 Å². The summed E-state index contributed by atoms with van der Waals surface area (Å²) in [6, 6.07) is -1.34. The first-order valence-electron chi connectivity index (χ1n) is 6.50. The molecule has 7 nitrogen and oxygen atoms in total. The second-order valence-corrected chi connectivity index (χ2v) is 4.72. The molecule has 1 aliphatic rings. The van der Waals surface area contributed by atoms with Gasteiger partial charge in [-0.25, -0.2) is 9.59 Å². The van der Waals surface area contributed by atoms with Crippen LogP contribution >= 0.6 is 0 Å². The molecule has 1 heterocycles. The van der Waals surface area contributed by atoms with Crippen molar-refractivity contribution in [2.75, 3.05) is 26.8 Å². The van der Waals surface area contributed by atoms with E-state index in [9.17, 15) is 14.7 Å². The minimum absolute atomic E-state index is 0.260. The zero-order valence-electron chi connectivity index (χ0n) is 11.2. The number of nitrogens with one attached hydrogen (secondary N) is 1. The number of carboxylic acids is 1. The van der Waals surface area contributed by atoms with Crippen LogP contribution in [0.15, 0.2) is 0 Å². The first-order chi connectivity index (χ1) is 9.04. The fourth-order valence-corrected chi connectivity index (χ4v) is 2.07. The van der Waals surface area contributed by atoms with Crippen LogP contribution in [-0.4, -0.2) is 66.1 Å². The second kappa shape index (κ2) is 7.96. The Morgan fingerprint density at radius 2 is 2.26 bits per heavy atom. The molecule has 110 valence electrons. The molecule has 0 bridgehead atoms. The Hall–Kier alpha value is -1.34. The Morgan fingerprint density at radius 3 is 2.84 bits per heavy atom. The number of hydrogen-bond acceptors (Lipinski definition) is 4. The largest absolute Gasteiger partial charge is 0.480 e. The molecule has 0 radical (unpaired) electrons. The lowest BCUT2D eigenvalue weighted by molar-refractivity contribution is -0.139. The molecule has 0 aliphatic carbocycles. The molecule has 0 aromatic carbocycles. The molecule has 2 atom stereocenters. The van der Waals surface area contributed by atoms with Crippen molar-refractivity contribution in [3.63, 3.8) is 0 Å². The average molecular weight is 274 g/mol. The van der Waals surface area contributed by atoms with Gasteiger partial charge in [0.05, 0.1) is 6.10 Å². The Bertz CT molecular complexity index is 310. The fourth-order valence-electron chi connectivity index (χ4n) is 2.07. The van der Waals surface area contributed by atoms with Crippen molar-refractivity contribution in [1.29, 1.82) is 0 Å². The molecule has 7 heteroatoms. The quantitative estimate of drug-likeness (QED) is 0.594. The summed E-state index contributed by atoms with van der Waals surface area (Å²) in [5, 5.41) is 21.0. The summed E-state index contributed by atoms with van der Waals surface area (Å²) in [6.45, 7) is 1.27. The summed E-state index contributed by atoms with van der Waals surface area (Å²) >= 11 is 0. The van der Waals surface area contributed by atoms with Crippen molar-refractivity contribution < 1.29 is 24.5 Å². The van der Waals surface area contributed by atoms with Gasteiger partial charge in [0.2, 0.25) is 0 Å². The number of methoxy groups -OCH3 is 1. The van der Waals surface area contributed by atoms with E-state index in [1.807, 2.05) is 0 Å². The fraction of sp³-hybridized carbons (Fsp3) is 0.833. The minimum Gasteiger partial charge on any atom is -0.480 e. The lowest BCUT2D eigenvalue weighted by Gasteiger charge is -2.31. The number of ether oxygens (including phenoxy) is 1. The van der Waals surface area contributed by atoms with Crippen molar-refractivity contribution in [2.45, 2.75) is 37.8 Å². The first-order valence-corrected chi connectivity index (χ1v) is 6.50. The van der Waals surface area contributed by atoms with E-state index < -0.39 is 24.1 Å². The van der Waals surface area contributed by atoms with Crippen LogP contribution in [0.2, 0.25) is 0 Å². The van der Waals surface area contributed by atoms with Gasteiger partial charge in [-0.05, 0) is 25.7 Å². The molecule has 0 saturated carbocycles. The van der Waals surface area contributed by atoms with Gasteiger partial charge in [-0.2, -0.15) is 0 Å². The molecule has 1 saturated heterocycles. The topological polar surface area (TPSA) is 99.1 Å². The third-order valence-electron chi connectivity index (χ3n) is 3.12. The molecular weight excluding hydrogens is 252 g/mol. The van der Waals surface area contributed by atoms with E-state index in [2.05, 4.69) is 5.32 Å². The normalized spacial score (nSPS) is 20.9. The van der Waals surface area contributed by atoms with Crippen LogP contribution in [0, 0.1) is 0 Å². The molecule has 3 N–H and O–H groups in total. The van der Waals surface area contributed by atoms with Crippen molar-refractivity contribution in [3.05, 3.63) is 0 Å². The molecule has 19 heavy (non-hydrogen) atoms. The van der Waals surface area contributed by atoms with Crippen molar-refractivity contribution in [2.24, 2.45) is 0 Å². The molecule has 1 aliphatic heterocycles. The van der Waals surface area contributed by atoms with E-state index >= 15 is 0 Å². The van der Waals surface area contributed by atoms with Crippen LogP contribution in [0.1, 0.15) is 25.7 Å². The highest BCUT2D eigenvalue weighted by atomic mass is 16.5. The number of carbonyl (C=O) groups is 2. The van der Waals surface area contributed by atoms with Crippen molar-refractivity contribution in [1.82, 2.24) is 10.2 Å².